The lowest BCUT2D eigenvalue weighted by atomic mass is 10.0. The van der Waals surface area contributed by atoms with Crippen molar-refractivity contribution in [1.29, 1.82) is 0 Å². The van der Waals surface area contributed by atoms with Crippen molar-refractivity contribution >= 4 is 0 Å². The van der Waals surface area contributed by atoms with E-state index in [0.717, 1.165) is 18.5 Å². The largest absolute Gasteiger partial charge is 0.289 e. The fourth-order valence-electron chi connectivity index (χ4n) is 2.91. The van der Waals surface area contributed by atoms with Gasteiger partial charge in [0.1, 0.15) is 0 Å². The summed E-state index contributed by atoms with van der Waals surface area (Å²) >= 11 is 0. The van der Waals surface area contributed by atoms with Crippen molar-refractivity contribution in [2.75, 3.05) is 0 Å². The van der Waals surface area contributed by atoms with Crippen molar-refractivity contribution in [3.8, 4) is 0 Å². The molecule has 15 heavy (non-hydrogen) atoms. The van der Waals surface area contributed by atoms with E-state index in [2.05, 4.69) is 54.3 Å². The smallest absolute Gasteiger partial charge is 0.0291 e. The standard InChI is InChI=1S/C14H17N/c1-11-13-7-8-14(9-13)15(11)10-12-5-3-2-4-6-12/h2-8,11,13-14H,9-10H2,1H3/t11?,13-,14+/m1/s1. The third-order valence-corrected chi connectivity index (χ3v) is 3.87. The van der Waals surface area contributed by atoms with Gasteiger partial charge in [-0.1, -0.05) is 42.5 Å². The summed E-state index contributed by atoms with van der Waals surface area (Å²) in [6, 6.07) is 12.2. The van der Waals surface area contributed by atoms with Gasteiger partial charge >= 0.3 is 0 Å². The minimum Gasteiger partial charge on any atom is -0.289 e. The summed E-state index contributed by atoms with van der Waals surface area (Å²) in [5.74, 6) is 0.804. The number of nitrogens with zero attached hydrogens (tertiary/aromatic N) is 1. The Labute approximate surface area is 91.4 Å². The lowest BCUT2D eigenvalue weighted by Gasteiger charge is -2.29. The number of benzene rings is 1. The first-order valence-corrected chi connectivity index (χ1v) is 5.82. The van der Waals surface area contributed by atoms with Crippen molar-refractivity contribution in [3.63, 3.8) is 0 Å². The Morgan fingerprint density at radius 3 is 2.67 bits per heavy atom. The minimum absolute atomic E-state index is 0.699. The van der Waals surface area contributed by atoms with Crippen molar-refractivity contribution in [3.05, 3.63) is 48.0 Å². The Morgan fingerprint density at radius 2 is 2.00 bits per heavy atom. The molecule has 1 heteroatoms. The molecule has 1 unspecified atom stereocenters. The highest BCUT2D eigenvalue weighted by atomic mass is 15.2. The molecule has 2 bridgehead atoms. The van der Waals surface area contributed by atoms with Crippen LogP contribution >= 0.6 is 0 Å². The maximum Gasteiger partial charge on any atom is 0.0291 e. The number of hydrogen-bond donors (Lipinski definition) is 0. The Morgan fingerprint density at radius 1 is 1.20 bits per heavy atom. The summed E-state index contributed by atoms with van der Waals surface area (Å²) in [7, 11) is 0. The van der Waals surface area contributed by atoms with Crippen LogP contribution in [-0.4, -0.2) is 17.0 Å². The number of hydrogen-bond acceptors (Lipinski definition) is 1. The molecule has 78 valence electrons. The van der Waals surface area contributed by atoms with Gasteiger partial charge in [0.15, 0.2) is 0 Å². The van der Waals surface area contributed by atoms with E-state index < -0.39 is 0 Å². The molecule has 0 N–H and O–H groups in total. The van der Waals surface area contributed by atoms with Crippen LogP contribution in [0.15, 0.2) is 42.5 Å². The Kier molecular flexibility index (Phi) is 2.14. The van der Waals surface area contributed by atoms with Gasteiger partial charge in [-0.3, -0.25) is 4.90 Å². The van der Waals surface area contributed by atoms with Crippen molar-refractivity contribution in [1.82, 2.24) is 4.90 Å². The summed E-state index contributed by atoms with van der Waals surface area (Å²) in [5, 5.41) is 0. The van der Waals surface area contributed by atoms with E-state index >= 15 is 0 Å². The maximum absolute atomic E-state index is 2.62. The minimum atomic E-state index is 0.699. The molecule has 1 nitrogen and oxygen atoms in total. The van der Waals surface area contributed by atoms with Crippen LogP contribution in [0.5, 0.6) is 0 Å². The highest BCUT2D eigenvalue weighted by Crippen LogP contribution is 2.37. The lowest BCUT2D eigenvalue weighted by molar-refractivity contribution is 0.204. The van der Waals surface area contributed by atoms with E-state index in [1.54, 1.807) is 0 Å². The molecule has 1 heterocycles. The lowest BCUT2D eigenvalue weighted by Crippen LogP contribution is -2.36. The highest BCUT2D eigenvalue weighted by molar-refractivity contribution is 5.20. The average Bonchev–Trinajstić information content (AvgIpc) is 2.84. The maximum atomic E-state index is 2.62. The molecule has 1 fully saturated rings. The van der Waals surface area contributed by atoms with Crippen molar-refractivity contribution in [2.24, 2.45) is 5.92 Å². The molecule has 1 aromatic carbocycles. The van der Waals surface area contributed by atoms with Crippen LogP contribution < -0.4 is 0 Å². The summed E-state index contributed by atoms with van der Waals surface area (Å²) < 4.78 is 0. The summed E-state index contributed by atoms with van der Waals surface area (Å²) in [6.07, 6.45) is 6.12. The first-order chi connectivity index (χ1) is 7.34. The predicted octanol–water partition coefficient (Wildman–Crippen LogP) is 2.84. The molecule has 0 aromatic heterocycles. The first-order valence-electron chi connectivity index (χ1n) is 5.82. The zero-order valence-corrected chi connectivity index (χ0v) is 9.13. The average molecular weight is 199 g/mol. The third kappa shape index (κ3) is 1.51. The van der Waals surface area contributed by atoms with E-state index in [9.17, 15) is 0 Å². The number of likely N-dealkylation sites (tertiary alicyclic amines) is 1. The van der Waals surface area contributed by atoms with E-state index in [-0.39, 0.29) is 0 Å². The predicted molar refractivity (Wildman–Crippen MR) is 62.5 cm³/mol. The van der Waals surface area contributed by atoms with Gasteiger partial charge in [0.2, 0.25) is 0 Å². The summed E-state index contributed by atoms with van der Waals surface area (Å²) in [6.45, 7) is 3.46. The van der Waals surface area contributed by atoms with Crippen LogP contribution in [0.2, 0.25) is 0 Å². The molecule has 0 saturated carbocycles. The van der Waals surface area contributed by atoms with E-state index in [4.69, 9.17) is 0 Å². The molecule has 1 saturated heterocycles. The van der Waals surface area contributed by atoms with Gasteiger partial charge in [-0.15, -0.1) is 0 Å². The molecule has 0 spiro atoms. The Bertz CT molecular complexity index is 368. The molecule has 1 aliphatic carbocycles. The second-order valence-electron chi connectivity index (χ2n) is 4.75. The molecule has 1 aliphatic heterocycles. The summed E-state index contributed by atoms with van der Waals surface area (Å²) in [5.41, 5.74) is 1.44. The zero-order valence-electron chi connectivity index (χ0n) is 9.13. The molecule has 3 atom stereocenters. The molecular formula is C14H17N. The van der Waals surface area contributed by atoms with Crippen LogP contribution in [0.25, 0.3) is 0 Å². The van der Waals surface area contributed by atoms with Gasteiger partial charge in [-0.25, -0.2) is 0 Å². The topological polar surface area (TPSA) is 3.24 Å². The number of rotatable bonds is 2. The first kappa shape index (κ1) is 9.17. The van der Waals surface area contributed by atoms with Crippen LogP contribution in [0, 0.1) is 5.92 Å². The summed E-state index contributed by atoms with van der Waals surface area (Å²) in [4.78, 5) is 2.62. The molecule has 0 amide bonds. The molecule has 3 rings (SSSR count). The second kappa shape index (κ2) is 3.49. The fraction of sp³-hybridized carbons (Fsp3) is 0.429. The molecule has 1 aromatic rings. The second-order valence-corrected chi connectivity index (χ2v) is 4.75. The van der Waals surface area contributed by atoms with Crippen LogP contribution in [0.4, 0.5) is 0 Å². The molecule has 2 aliphatic rings. The van der Waals surface area contributed by atoms with Gasteiger partial charge in [-0.05, 0) is 24.8 Å². The Hall–Kier alpha value is -1.08. The Balaban J connectivity index is 1.77. The SMILES string of the molecule is CC1[C@@H]2C=C[C@@H](C2)N1Cc1ccccc1. The van der Waals surface area contributed by atoms with Gasteiger partial charge in [0.05, 0.1) is 0 Å². The van der Waals surface area contributed by atoms with E-state index in [1.165, 1.54) is 12.0 Å². The van der Waals surface area contributed by atoms with Gasteiger partial charge < -0.3 is 0 Å². The van der Waals surface area contributed by atoms with Gasteiger partial charge in [0, 0.05) is 18.6 Å². The molecular weight excluding hydrogens is 182 g/mol. The third-order valence-electron chi connectivity index (χ3n) is 3.87. The quantitative estimate of drug-likeness (QED) is 0.662. The van der Waals surface area contributed by atoms with Crippen LogP contribution in [0.3, 0.4) is 0 Å². The van der Waals surface area contributed by atoms with Crippen LogP contribution in [-0.2, 0) is 6.54 Å². The highest BCUT2D eigenvalue weighted by Gasteiger charge is 2.39. The zero-order chi connectivity index (χ0) is 10.3. The van der Waals surface area contributed by atoms with Gasteiger partial charge in [0.25, 0.3) is 0 Å². The normalized spacial score (nSPS) is 33.8. The van der Waals surface area contributed by atoms with Gasteiger partial charge in [-0.2, -0.15) is 0 Å². The fourth-order valence-corrected chi connectivity index (χ4v) is 2.91. The van der Waals surface area contributed by atoms with E-state index in [1.807, 2.05) is 0 Å². The monoisotopic (exact) mass is 199 g/mol. The van der Waals surface area contributed by atoms with Crippen molar-refractivity contribution in [2.45, 2.75) is 32.0 Å². The van der Waals surface area contributed by atoms with E-state index in [0.29, 0.717) is 6.04 Å². The van der Waals surface area contributed by atoms with Crippen LogP contribution in [0.1, 0.15) is 18.9 Å². The van der Waals surface area contributed by atoms with Crippen molar-refractivity contribution < 1.29 is 0 Å². The number of fused-ring (bicyclic) bond motifs is 2. The molecule has 0 radical (unpaired) electrons.